The summed E-state index contributed by atoms with van der Waals surface area (Å²) in [5, 5.41) is 12.5. The first-order chi connectivity index (χ1) is 17.9. The van der Waals surface area contributed by atoms with Crippen LogP contribution in [-0.4, -0.2) is 51.9 Å². The van der Waals surface area contributed by atoms with Gasteiger partial charge in [-0.15, -0.1) is 11.8 Å². The molecule has 12 heteroatoms. The number of carboxylic acids is 1. The number of amides is 2. The third-order valence-electron chi connectivity index (χ3n) is 6.60. The summed E-state index contributed by atoms with van der Waals surface area (Å²) in [7, 11) is 0. The van der Waals surface area contributed by atoms with Crippen LogP contribution in [0.3, 0.4) is 0 Å². The van der Waals surface area contributed by atoms with Crippen LogP contribution in [0.4, 0.5) is 23.1 Å². The number of aliphatic carboxylic acids is 1. The second kappa shape index (κ2) is 13.2. The largest absolute Gasteiger partial charge is 0.481 e. The summed E-state index contributed by atoms with van der Waals surface area (Å²) in [4.78, 5) is 30.6. The molecule has 3 rings (SSSR count). The highest BCUT2D eigenvalue weighted by molar-refractivity contribution is 8.01. The van der Waals surface area contributed by atoms with E-state index in [1.54, 1.807) is 31.0 Å². The van der Waals surface area contributed by atoms with E-state index in [-0.39, 0.29) is 37.4 Å². The van der Waals surface area contributed by atoms with Gasteiger partial charge in [-0.1, -0.05) is 36.5 Å². The summed E-state index contributed by atoms with van der Waals surface area (Å²) < 4.78 is 46.2. The Morgan fingerprint density at radius 2 is 1.89 bits per heavy atom. The predicted molar refractivity (Wildman–Crippen MR) is 142 cm³/mol. The van der Waals surface area contributed by atoms with Crippen LogP contribution in [0, 0.1) is 11.3 Å². The number of ether oxygens (including phenoxy) is 1. The van der Waals surface area contributed by atoms with Gasteiger partial charge in [-0.25, -0.2) is 9.78 Å². The average molecular weight is 574 g/mol. The molecule has 1 heterocycles. The van der Waals surface area contributed by atoms with E-state index in [1.165, 1.54) is 35.2 Å². The Bertz CT molecular complexity index is 1090. The Balaban J connectivity index is 1.60. The quantitative estimate of drug-likeness (QED) is 0.222. The Hall–Kier alpha value is -2.31. The van der Waals surface area contributed by atoms with Crippen molar-refractivity contribution in [2.45, 2.75) is 69.5 Å². The molecule has 0 aliphatic heterocycles. The third-order valence-corrected chi connectivity index (χ3v) is 9.16. The number of aromatic nitrogens is 1. The number of carboxylic acid groups (broad SMARTS) is 1. The predicted octanol–water partition coefficient (Wildman–Crippen LogP) is 6.99. The number of rotatable bonds is 11. The van der Waals surface area contributed by atoms with Crippen LogP contribution in [0.25, 0.3) is 0 Å². The number of urea groups is 1. The summed E-state index contributed by atoms with van der Waals surface area (Å²) in [6.07, 6.45) is 0.816. The lowest BCUT2D eigenvalue weighted by Crippen LogP contribution is -2.46. The normalized spacial score (nSPS) is 18.3. The minimum absolute atomic E-state index is 0.00225. The van der Waals surface area contributed by atoms with Crippen molar-refractivity contribution in [2.24, 2.45) is 11.3 Å². The fraction of sp³-hybridized carbons (Fsp3) is 0.577. The molecule has 1 aromatic heterocycles. The van der Waals surface area contributed by atoms with Crippen LogP contribution >= 0.6 is 23.1 Å². The molecule has 210 valence electrons. The summed E-state index contributed by atoms with van der Waals surface area (Å²) >= 11 is 2.64. The van der Waals surface area contributed by atoms with Crippen molar-refractivity contribution in [3.8, 4) is 0 Å². The van der Waals surface area contributed by atoms with Crippen LogP contribution in [-0.2, 0) is 22.3 Å². The molecule has 2 N–H and O–H groups in total. The second-order valence-corrected chi connectivity index (χ2v) is 12.5. The van der Waals surface area contributed by atoms with E-state index in [1.807, 2.05) is 0 Å². The average Bonchev–Trinajstić information content (AvgIpc) is 3.30. The summed E-state index contributed by atoms with van der Waals surface area (Å²) in [6.45, 7) is 5.61. The summed E-state index contributed by atoms with van der Waals surface area (Å²) in [5.41, 5.74) is -1.56. The molecule has 1 aromatic carbocycles. The first-order valence-corrected chi connectivity index (χ1v) is 14.3. The standard InChI is InChI=1S/C26H34F3N3O4S2/c1-17-8-10-19(11-9-17)32(12-13-36-15-18-6-4-5-7-20(18)26(27,28)29)24(35)31-23-30-14-21(38-23)37-16-25(2,3)22(33)34/h4-7,14,17,19H,8-13,15-16H2,1-3H3,(H,33,34)(H,30,31,35). The fourth-order valence-corrected chi connectivity index (χ4v) is 6.08. The number of carbonyl (C=O) groups is 2. The first-order valence-electron chi connectivity index (χ1n) is 12.5. The van der Waals surface area contributed by atoms with Gasteiger partial charge in [-0.3, -0.25) is 10.1 Å². The van der Waals surface area contributed by atoms with Crippen molar-refractivity contribution in [3.63, 3.8) is 0 Å². The number of alkyl halides is 3. The molecular formula is C26H34F3N3O4S2. The van der Waals surface area contributed by atoms with E-state index in [0.29, 0.717) is 16.8 Å². The number of halogens is 3. The van der Waals surface area contributed by atoms with Gasteiger partial charge in [0.2, 0.25) is 0 Å². The van der Waals surface area contributed by atoms with E-state index in [2.05, 4.69) is 17.2 Å². The number of hydrogen-bond acceptors (Lipinski definition) is 6. The Morgan fingerprint density at radius 1 is 1.21 bits per heavy atom. The molecule has 7 nitrogen and oxygen atoms in total. The smallest absolute Gasteiger partial charge is 0.416 e. The molecule has 2 aromatic rings. The molecule has 0 bridgehead atoms. The lowest BCUT2D eigenvalue weighted by Gasteiger charge is -2.36. The number of carbonyl (C=O) groups excluding carboxylic acids is 1. The van der Waals surface area contributed by atoms with Crippen molar-refractivity contribution >= 4 is 40.2 Å². The zero-order valence-corrected chi connectivity index (χ0v) is 23.3. The van der Waals surface area contributed by atoms with E-state index < -0.39 is 23.1 Å². The summed E-state index contributed by atoms with van der Waals surface area (Å²) in [6, 6.07) is 4.98. The highest BCUT2D eigenvalue weighted by Gasteiger charge is 2.33. The fourth-order valence-electron chi connectivity index (χ4n) is 4.13. The number of nitrogens with one attached hydrogen (secondary N) is 1. The van der Waals surface area contributed by atoms with Crippen LogP contribution < -0.4 is 5.32 Å². The van der Waals surface area contributed by atoms with Gasteiger partial charge < -0.3 is 14.7 Å². The van der Waals surface area contributed by atoms with Gasteiger partial charge >= 0.3 is 18.2 Å². The molecule has 1 aliphatic rings. The van der Waals surface area contributed by atoms with Crippen molar-refractivity contribution in [2.75, 3.05) is 24.2 Å². The molecule has 1 fully saturated rings. The summed E-state index contributed by atoms with van der Waals surface area (Å²) in [5.74, 6) is 0.0588. The molecule has 0 spiro atoms. The van der Waals surface area contributed by atoms with Gasteiger partial charge in [0.05, 0.1) is 34.6 Å². The van der Waals surface area contributed by atoms with E-state index in [9.17, 15) is 27.9 Å². The van der Waals surface area contributed by atoms with Crippen LogP contribution in [0.5, 0.6) is 0 Å². The van der Waals surface area contributed by atoms with Gasteiger partial charge in [-0.2, -0.15) is 13.2 Å². The molecule has 0 saturated heterocycles. The van der Waals surface area contributed by atoms with Crippen molar-refractivity contribution in [3.05, 3.63) is 41.6 Å². The van der Waals surface area contributed by atoms with E-state index in [0.717, 1.165) is 36.0 Å². The van der Waals surface area contributed by atoms with Crippen molar-refractivity contribution in [1.82, 2.24) is 9.88 Å². The maximum Gasteiger partial charge on any atom is 0.416 e. The number of thioether (sulfide) groups is 1. The lowest BCUT2D eigenvalue weighted by molar-refractivity contribution is -0.145. The first kappa shape index (κ1) is 30.2. The highest BCUT2D eigenvalue weighted by Crippen LogP contribution is 2.34. The van der Waals surface area contributed by atoms with Gasteiger partial charge in [0.1, 0.15) is 0 Å². The molecule has 0 unspecified atom stereocenters. The van der Waals surface area contributed by atoms with Crippen LogP contribution in [0.1, 0.15) is 57.6 Å². The topological polar surface area (TPSA) is 91.8 Å². The van der Waals surface area contributed by atoms with Crippen LogP contribution in [0.15, 0.2) is 34.7 Å². The molecule has 1 aliphatic carbocycles. The number of anilines is 1. The molecule has 38 heavy (non-hydrogen) atoms. The Morgan fingerprint density at radius 3 is 2.55 bits per heavy atom. The number of hydrogen-bond donors (Lipinski definition) is 2. The van der Waals surface area contributed by atoms with Gasteiger partial charge in [0, 0.05) is 18.3 Å². The molecule has 1 saturated carbocycles. The van der Waals surface area contributed by atoms with Gasteiger partial charge in [0.15, 0.2) is 5.13 Å². The molecule has 0 atom stereocenters. The Labute approximate surface area is 229 Å². The number of nitrogens with zero attached hydrogens (tertiary/aromatic N) is 2. The molecule has 2 amide bonds. The van der Waals surface area contributed by atoms with Gasteiger partial charge in [-0.05, 0) is 57.1 Å². The zero-order chi connectivity index (χ0) is 27.9. The zero-order valence-electron chi connectivity index (χ0n) is 21.7. The number of benzene rings is 1. The minimum Gasteiger partial charge on any atom is -0.481 e. The van der Waals surface area contributed by atoms with Crippen LogP contribution in [0.2, 0.25) is 0 Å². The maximum absolute atomic E-state index is 13.3. The molecular weight excluding hydrogens is 539 g/mol. The highest BCUT2D eigenvalue weighted by atomic mass is 32.2. The third kappa shape index (κ3) is 8.60. The number of thiazole rings is 1. The van der Waals surface area contributed by atoms with E-state index >= 15 is 0 Å². The second-order valence-electron chi connectivity index (χ2n) is 10.2. The monoisotopic (exact) mass is 573 g/mol. The lowest BCUT2D eigenvalue weighted by atomic mass is 9.86. The minimum atomic E-state index is -4.46. The van der Waals surface area contributed by atoms with Crippen molar-refractivity contribution in [1.29, 1.82) is 0 Å². The van der Waals surface area contributed by atoms with Crippen molar-refractivity contribution < 1.29 is 32.6 Å². The molecule has 0 radical (unpaired) electrons. The van der Waals surface area contributed by atoms with E-state index in [4.69, 9.17) is 4.74 Å². The SMILES string of the molecule is CC1CCC(N(CCOCc2ccccc2C(F)(F)F)C(=O)Nc2ncc(SCC(C)(C)C(=O)O)s2)CC1. The maximum atomic E-state index is 13.3. The Kier molecular flexibility index (Phi) is 10.5. The van der Waals surface area contributed by atoms with Gasteiger partial charge in [0.25, 0.3) is 0 Å².